The third kappa shape index (κ3) is 3.69. The Balaban J connectivity index is 1.86. The third-order valence-electron chi connectivity index (χ3n) is 3.51. The molecule has 1 aromatic carbocycles. The number of aliphatic hydroxyl groups is 1. The SMILES string of the molecule is CSc1ccccc1Nc1cc(C2CC2)nc(NCCO)n1. The predicted molar refractivity (Wildman–Crippen MR) is 91.1 cm³/mol. The molecule has 5 nitrogen and oxygen atoms in total. The number of anilines is 3. The van der Waals surface area contributed by atoms with Gasteiger partial charge in [0.15, 0.2) is 0 Å². The quantitative estimate of drug-likeness (QED) is 0.681. The maximum absolute atomic E-state index is 8.95. The molecule has 22 heavy (non-hydrogen) atoms. The van der Waals surface area contributed by atoms with E-state index >= 15 is 0 Å². The summed E-state index contributed by atoms with van der Waals surface area (Å²) in [6, 6.07) is 10.2. The van der Waals surface area contributed by atoms with Crippen LogP contribution in [0.5, 0.6) is 0 Å². The fourth-order valence-electron chi connectivity index (χ4n) is 2.25. The summed E-state index contributed by atoms with van der Waals surface area (Å²) < 4.78 is 0. The van der Waals surface area contributed by atoms with E-state index in [1.165, 1.54) is 17.7 Å². The summed E-state index contributed by atoms with van der Waals surface area (Å²) in [5, 5.41) is 15.4. The molecule has 3 N–H and O–H groups in total. The highest BCUT2D eigenvalue weighted by Crippen LogP contribution is 2.40. The lowest BCUT2D eigenvalue weighted by Gasteiger charge is -2.12. The molecular weight excluding hydrogens is 296 g/mol. The lowest BCUT2D eigenvalue weighted by molar-refractivity contribution is 0.311. The van der Waals surface area contributed by atoms with Gasteiger partial charge in [0.1, 0.15) is 5.82 Å². The highest BCUT2D eigenvalue weighted by Gasteiger charge is 2.26. The number of aromatic nitrogens is 2. The van der Waals surface area contributed by atoms with E-state index in [1.54, 1.807) is 11.8 Å². The zero-order chi connectivity index (χ0) is 15.4. The molecule has 0 atom stereocenters. The number of aliphatic hydroxyl groups excluding tert-OH is 1. The summed E-state index contributed by atoms with van der Waals surface area (Å²) in [6.45, 7) is 0.518. The summed E-state index contributed by atoms with van der Waals surface area (Å²) in [4.78, 5) is 10.2. The number of rotatable bonds is 7. The van der Waals surface area contributed by atoms with Gasteiger partial charge in [0.2, 0.25) is 5.95 Å². The predicted octanol–water partition coefficient (Wildman–Crippen LogP) is 3.22. The van der Waals surface area contributed by atoms with Crippen LogP contribution in [0.2, 0.25) is 0 Å². The first-order valence-corrected chi connectivity index (χ1v) is 8.66. The van der Waals surface area contributed by atoms with E-state index in [4.69, 9.17) is 5.11 Å². The summed E-state index contributed by atoms with van der Waals surface area (Å²) in [5.74, 6) is 1.91. The van der Waals surface area contributed by atoms with Crippen molar-refractivity contribution in [3.05, 3.63) is 36.0 Å². The van der Waals surface area contributed by atoms with Crippen LogP contribution < -0.4 is 10.6 Å². The Morgan fingerprint density at radius 2 is 2.09 bits per heavy atom. The van der Waals surface area contributed by atoms with Crippen molar-refractivity contribution in [1.29, 1.82) is 0 Å². The van der Waals surface area contributed by atoms with Crippen LogP contribution in [0, 0.1) is 0 Å². The van der Waals surface area contributed by atoms with E-state index in [0.717, 1.165) is 17.2 Å². The molecule has 1 heterocycles. The van der Waals surface area contributed by atoms with Crippen molar-refractivity contribution in [2.45, 2.75) is 23.7 Å². The molecule has 3 rings (SSSR count). The Bertz CT molecular complexity index is 646. The fourth-order valence-corrected chi connectivity index (χ4v) is 2.80. The first-order chi connectivity index (χ1) is 10.8. The van der Waals surface area contributed by atoms with Gasteiger partial charge in [-0.3, -0.25) is 0 Å². The molecule has 0 amide bonds. The Morgan fingerprint density at radius 3 is 2.82 bits per heavy atom. The first-order valence-electron chi connectivity index (χ1n) is 7.44. The van der Waals surface area contributed by atoms with Crippen molar-refractivity contribution in [3.8, 4) is 0 Å². The topological polar surface area (TPSA) is 70.1 Å². The Labute approximate surface area is 134 Å². The highest BCUT2D eigenvalue weighted by molar-refractivity contribution is 7.98. The number of nitrogens with zero attached hydrogens (tertiary/aromatic N) is 2. The van der Waals surface area contributed by atoms with E-state index < -0.39 is 0 Å². The van der Waals surface area contributed by atoms with Crippen molar-refractivity contribution in [1.82, 2.24) is 9.97 Å². The number of hydrogen-bond acceptors (Lipinski definition) is 6. The van der Waals surface area contributed by atoms with Crippen LogP contribution in [-0.2, 0) is 0 Å². The molecule has 1 fully saturated rings. The average molecular weight is 316 g/mol. The molecule has 0 unspecified atom stereocenters. The van der Waals surface area contributed by atoms with Crippen LogP contribution in [0.3, 0.4) is 0 Å². The molecule has 2 aromatic rings. The molecule has 1 aromatic heterocycles. The summed E-state index contributed by atoms with van der Waals surface area (Å²) >= 11 is 1.70. The molecule has 0 radical (unpaired) electrons. The zero-order valence-corrected chi connectivity index (χ0v) is 13.4. The molecule has 1 aliphatic rings. The van der Waals surface area contributed by atoms with Gasteiger partial charge in [0, 0.05) is 23.4 Å². The van der Waals surface area contributed by atoms with Crippen molar-refractivity contribution in [2.75, 3.05) is 30.0 Å². The van der Waals surface area contributed by atoms with Crippen LogP contribution in [0.1, 0.15) is 24.5 Å². The van der Waals surface area contributed by atoms with E-state index in [9.17, 15) is 0 Å². The standard InChI is InChI=1S/C16H20N4OS/c1-22-14-5-3-2-4-12(14)18-15-10-13(11-6-7-11)19-16(20-15)17-8-9-21/h2-5,10-11,21H,6-9H2,1H3,(H2,17,18,19,20). The lowest BCUT2D eigenvalue weighted by Crippen LogP contribution is -2.10. The molecule has 6 heteroatoms. The van der Waals surface area contributed by atoms with Gasteiger partial charge in [-0.25, -0.2) is 4.98 Å². The van der Waals surface area contributed by atoms with Gasteiger partial charge in [0.05, 0.1) is 18.0 Å². The van der Waals surface area contributed by atoms with Gasteiger partial charge < -0.3 is 15.7 Å². The minimum Gasteiger partial charge on any atom is -0.395 e. The van der Waals surface area contributed by atoms with Crippen molar-refractivity contribution in [3.63, 3.8) is 0 Å². The molecule has 0 bridgehead atoms. The van der Waals surface area contributed by atoms with Crippen LogP contribution in [0.25, 0.3) is 0 Å². The number of thioether (sulfide) groups is 1. The second kappa shape index (κ2) is 6.98. The Kier molecular flexibility index (Phi) is 4.80. The molecule has 0 aliphatic heterocycles. The van der Waals surface area contributed by atoms with Gasteiger partial charge in [-0.1, -0.05) is 12.1 Å². The van der Waals surface area contributed by atoms with E-state index in [-0.39, 0.29) is 6.61 Å². The van der Waals surface area contributed by atoms with Gasteiger partial charge in [-0.05, 0) is 31.2 Å². The fraction of sp³-hybridized carbons (Fsp3) is 0.375. The van der Waals surface area contributed by atoms with E-state index in [2.05, 4.69) is 32.9 Å². The molecule has 1 saturated carbocycles. The summed E-state index contributed by atoms with van der Waals surface area (Å²) in [7, 11) is 0. The molecule has 0 saturated heterocycles. The molecule has 0 spiro atoms. The summed E-state index contributed by atoms with van der Waals surface area (Å²) in [5.41, 5.74) is 2.11. The number of nitrogens with one attached hydrogen (secondary N) is 2. The second-order valence-electron chi connectivity index (χ2n) is 5.25. The molecule has 116 valence electrons. The van der Waals surface area contributed by atoms with Gasteiger partial charge in [0.25, 0.3) is 0 Å². The lowest BCUT2D eigenvalue weighted by atomic mass is 10.2. The van der Waals surface area contributed by atoms with E-state index in [0.29, 0.717) is 18.4 Å². The average Bonchev–Trinajstić information content (AvgIpc) is 3.38. The van der Waals surface area contributed by atoms with E-state index in [1.807, 2.05) is 24.3 Å². The minimum atomic E-state index is 0.0646. The summed E-state index contributed by atoms with van der Waals surface area (Å²) in [6.07, 6.45) is 4.44. The minimum absolute atomic E-state index is 0.0646. The van der Waals surface area contributed by atoms with Crippen molar-refractivity contribution < 1.29 is 5.11 Å². The third-order valence-corrected chi connectivity index (χ3v) is 4.30. The number of para-hydroxylation sites is 1. The highest BCUT2D eigenvalue weighted by atomic mass is 32.2. The monoisotopic (exact) mass is 316 g/mol. The van der Waals surface area contributed by atoms with Crippen LogP contribution in [0.4, 0.5) is 17.5 Å². The largest absolute Gasteiger partial charge is 0.395 e. The van der Waals surface area contributed by atoms with Crippen LogP contribution in [0.15, 0.2) is 35.2 Å². The van der Waals surface area contributed by atoms with Crippen LogP contribution in [-0.4, -0.2) is 34.5 Å². The van der Waals surface area contributed by atoms with Crippen LogP contribution >= 0.6 is 11.8 Å². The normalized spacial score (nSPS) is 13.9. The van der Waals surface area contributed by atoms with Gasteiger partial charge >= 0.3 is 0 Å². The molecular formula is C16H20N4OS. The maximum Gasteiger partial charge on any atom is 0.224 e. The van der Waals surface area contributed by atoms with Crippen molar-refractivity contribution in [2.24, 2.45) is 0 Å². The maximum atomic E-state index is 8.95. The first kappa shape index (κ1) is 15.1. The van der Waals surface area contributed by atoms with Gasteiger partial charge in [-0.15, -0.1) is 11.8 Å². The molecule has 1 aliphatic carbocycles. The number of hydrogen-bond donors (Lipinski definition) is 3. The second-order valence-corrected chi connectivity index (χ2v) is 6.10. The Morgan fingerprint density at radius 1 is 1.27 bits per heavy atom. The van der Waals surface area contributed by atoms with Gasteiger partial charge in [-0.2, -0.15) is 4.98 Å². The smallest absolute Gasteiger partial charge is 0.224 e. The number of benzene rings is 1. The zero-order valence-electron chi connectivity index (χ0n) is 12.5. The Hall–Kier alpha value is -1.79. The van der Waals surface area contributed by atoms with Crippen molar-refractivity contribution >= 4 is 29.2 Å².